The lowest BCUT2D eigenvalue weighted by Crippen LogP contribution is -2.24. The smallest absolute Gasteiger partial charge is 0.306 e. The van der Waals surface area contributed by atoms with Crippen molar-refractivity contribution in [2.75, 3.05) is 6.54 Å². The number of ether oxygens (including phenoxy) is 1. The summed E-state index contributed by atoms with van der Waals surface area (Å²) in [4.78, 5) is 14.7. The summed E-state index contributed by atoms with van der Waals surface area (Å²) < 4.78 is 5.33. The number of aryl methyl sites for hydroxylation is 2. The summed E-state index contributed by atoms with van der Waals surface area (Å²) in [5.74, 6) is -0.190. The van der Waals surface area contributed by atoms with Gasteiger partial charge in [0.25, 0.3) is 0 Å². The van der Waals surface area contributed by atoms with Crippen molar-refractivity contribution in [1.29, 1.82) is 0 Å². The second-order valence-corrected chi connectivity index (χ2v) is 6.58. The van der Waals surface area contributed by atoms with Gasteiger partial charge in [-0.1, -0.05) is 23.3 Å². The molecule has 0 saturated carbocycles. The van der Waals surface area contributed by atoms with Gasteiger partial charge in [0.1, 0.15) is 5.60 Å². The van der Waals surface area contributed by atoms with E-state index in [0.717, 1.165) is 5.56 Å². The Bertz CT molecular complexity index is 570. The van der Waals surface area contributed by atoms with Crippen LogP contribution in [0.2, 0.25) is 0 Å². The lowest BCUT2D eigenvalue weighted by molar-refractivity contribution is -0.155. The minimum absolute atomic E-state index is 0.0303. The minimum atomic E-state index is -0.474. The van der Waals surface area contributed by atoms with E-state index in [4.69, 9.17) is 10.3 Å². The highest BCUT2D eigenvalue weighted by Crippen LogP contribution is 2.25. The topological polar surface area (TPSA) is 75.1 Å². The number of carbonyl (C=O) groups excluding carboxylic acids is 1. The minimum Gasteiger partial charge on any atom is -0.460 e. The molecule has 1 aromatic rings. The van der Waals surface area contributed by atoms with E-state index in [0.29, 0.717) is 19.4 Å². The van der Waals surface area contributed by atoms with Gasteiger partial charge in [0.05, 0.1) is 0 Å². The quantitative estimate of drug-likeness (QED) is 0.327. The molecule has 1 unspecified atom stereocenters. The van der Waals surface area contributed by atoms with Crippen LogP contribution in [-0.4, -0.2) is 18.1 Å². The molecule has 0 radical (unpaired) electrons. The van der Waals surface area contributed by atoms with Gasteiger partial charge in [-0.25, -0.2) is 0 Å². The molecule has 1 atom stereocenters. The summed E-state index contributed by atoms with van der Waals surface area (Å²) in [6.07, 6.45) is 0.923. The van der Waals surface area contributed by atoms with Crippen LogP contribution in [0.5, 0.6) is 0 Å². The third-order valence-corrected chi connectivity index (χ3v) is 3.48. The molecule has 120 valence electrons. The van der Waals surface area contributed by atoms with Crippen LogP contribution in [0.1, 0.15) is 56.2 Å². The molecule has 1 rings (SSSR count). The number of esters is 1. The molecule has 0 amide bonds. The first-order valence-electron chi connectivity index (χ1n) is 7.53. The van der Waals surface area contributed by atoms with Crippen LogP contribution >= 0.6 is 0 Å². The molecule has 0 aromatic heterocycles. The number of azide groups is 1. The lowest BCUT2D eigenvalue weighted by atomic mass is 9.92. The van der Waals surface area contributed by atoms with Gasteiger partial charge in [0.2, 0.25) is 0 Å². The van der Waals surface area contributed by atoms with E-state index in [2.05, 4.69) is 36.0 Å². The van der Waals surface area contributed by atoms with E-state index in [1.54, 1.807) is 0 Å². The van der Waals surface area contributed by atoms with Crippen LogP contribution in [-0.2, 0) is 9.53 Å². The molecule has 0 spiro atoms. The van der Waals surface area contributed by atoms with E-state index < -0.39 is 5.60 Å². The van der Waals surface area contributed by atoms with Crippen molar-refractivity contribution in [3.63, 3.8) is 0 Å². The largest absolute Gasteiger partial charge is 0.460 e. The summed E-state index contributed by atoms with van der Waals surface area (Å²) >= 11 is 0. The van der Waals surface area contributed by atoms with Gasteiger partial charge in [-0.2, -0.15) is 0 Å². The summed E-state index contributed by atoms with van der Waals surface area (Å²) in [6, 6.07) is 6.19. The Morgan fingerprint density at radius 2 is 2.00 bits per heavy atom. The molecule has 0 heterocycles. The summed E-state index contributed by atoms with van der Waals surface area (Å²) in [7, 11) is 0. The van der Waals surface area contributed by atoms with E-state index >= 15 is 0 Å². The van der Waals surface area contributed by atoms with Gasteiger partial charge in [0.15, 0.2) is 0 Å². The van der Waals surface area contributed by atoms with Crippen LogP contribution in [0, 0.1) is 13.8 Å². The maximum atomic E-state index is 11.9. The van der Waals surface area contributed by atoms with Gasteiger partial charge in [-0.3, -0.25) is 4.79 Å². The van der Waals surface area contributed by atoms with Crippen LogP contribution in [0.3, 0.4) is 0 Å². The molecule has 0 aliphatic carbocycles. The fourth-order valence-electron chi connectivity index (χ4n) is 2.20. The molecule has 5 heteroatoms. The third kappa shape index (κ3) is 6.19. The van der Waals surface area contributed by atoms with Crippen LogP contribution in [0.15, 0.2) is 23.3 Å². The van der Waals surface area contributed by atoms with Crippen LogP contribution in [0.4, 0.5) is 0 Å². The Hall–Kier alpha value is -2.00. The van der Waals surface area contributed by atoms with Crippen LogP contribution in [0.25, 0.3) is 10.4 Å². The van der Waals surface area contributed by atoms with Crippen LogP contribution < -0.4 is 0 Å². The molecule has 5 nitrogen and oxygen atoms in total. The standard InChI is InChI=1S/C17H25N3O2/c1-12-6-7-14(10-13(12)2)15(11-19-20-18)8-9-16(21)22-17(3,4)5/h6-7,10,15H,8-9,11H2,1-5H3. The first-order valence-corrected chi connectivity index (χ1v) is 7.53. The Morgan fingerprint density at radius 1 is 1.32 bits per heavy atom. The molecule has 1 aromatic carbocycles. The second-order valence-electron chi connectivity index (χ2n) is 6.58. The van der Waals surface area contributed by atoms with Crippen molar-refractivity contribution in [3.05, 3.63) is 45.3 Å². The van der Waals surface area contributed by atoms with Gasteiger partial charge in [0, 0.05) is 17.9 Å². The zero-order chi connectivity index (χ0) is 16.8. The number of rotatable bonds is 6. The van der Waals surface area contributed by atoms with Gasteiger partial charge >= 0.3 is 5.97 Å². The zero-order valence-electron chi connectivity index (χ0n) is 14.1. The maximum Gasteiger partial charge on any atom is 0.306 e. The number of carbonyl (C=O) groups is 1. The van der Waals surface area contributed by atoms with Crippen molar-refractivity contribution >= 4 is 5.97 Å². The average Bonchev–Trinajstić information content (AvgIpc) is 2.40. The summed E-state index contributed by atoms with van der Waals surface area (Å²) in [5.41, 5.74) is 11.6. The Balaban J connectivity index is 2.78. The fraction of sp³-hybridized carbons (Fsp3) is 0.588. The zero-order valence-corrected chi connectivity index (χ0v) is 14.1. The summed E-state index contributed by atoms with van der Waals surface area (Å²) in [5, 5.41) is 3.68. The Morgan fingerprint density at radius 3 is 2.55 bits per heavy atom. The van der Waals surface area contributed by atoms with Crippen molar-refractivity contribution < 1.29 is 9.53 Å². The highest BCUT2D eigenvalue weighted by molar-refractivity contribution is 5.69. The van der Waals surface area contributed by atoms with Gasteiger partial charge in [-0.05, 0) is 69.2 Å². The molecule has 0 saturated heterocycles. The second kappa shape index (κ2) is 7.85. The van der Waals surface area contributed by atoms with Gasteiger partial charge < -0.3 is 4.74 Å². The fourth-order valence-corrected chi connectivity index (χ4v) is 2.20. The highest BCUT2D eigenvalue weighted by Gasteiger charge is 2.19. The molecular formula is C17H25N3O2. The third-order valence-electron chi connectivity index (χ3n) is 3.48. The number of nitrogens with zero attached hydrogens (tertiary/aromatic N) is 3. The SMILES string of the molecule is Cc1ccc(C(CCC(=O)OC(C)(C)C)CN=[N+]=[N-])cc1C. The van der Waals surface area contributed by atoms with E-state index in [1.165, 1.54) is 11.1 Å². The molecule has 0 aliphatic heterocycles. The van der Waals surface area contributed by atoms with E-state index in [9.17, 15) is 4.79 Å². The average molecular weight is 303 g/mol. The van der Waals surface area contributed by atoms with Gasteiger partial charge in [-0.15, -0.1) is 0 Å². The van der Waals surface area contributed by atoms with E-state index in [1.807, 2.05) is 26.8 Å². The molecule has 0 aliphatic rings. The number of hydrogen-bond acceptors (Lipinski definition) is 3. The lowest BCUT2D eigenvalue weighted by Gasteiger charge is -2.21. The van der Waals surface area contributed by atoms with Crippen molar-refractivity contribution in [2.24, 2.45) is 5.11 Å². The molecule has 0 fully saturated rings. The first-order chi connectivity index (χ1) is 10.2. The van der Waals surface area contributed by atoms with Crippen molar-refractivity contribution in [1.82, 2.24) is 0 Å². The predicted molar refractivity (Wildman–Crippen MR) is 87.7 cm³/mol. The monoisotopic (exact) mass is 303 g/mol. The highest BCUT2D eigenvalue weighted by atomic mass is 16.6. The molecule has 0 bridgehead atoms. The number of benzene rings is 1. The summed E-state index contributed by atoms with van der Waals surface area (Å²) in [6.45, 7) is 10.0. The molecule has 0 N–H and O–H groups in total. The Kier molecular flexibility index (Phi) is 6.44. The normalized spacial score (nSPS) is 12.4. The Labute approximate surface area is 132 Å². The maximum absolute atomic E-state index is 11.9. The molecule has 22 heavy (non-hydrogen) atoms. The van der Waals surface area contributed by atoms with Crippen molar-refractivity contribution in [3.8, 4) is 0 Å². The number of hydrogen-bond donors (Lipinski definition) is 0. The predicted octanol–water partition coefficient (Wildman–Crippen LogP) is 4.82. The van der Waals surface area contributed by atoms with E-state index in [-0.39, 0.29) is 11.9 Å². The first kappa shape index (κ1) is 18.1. The van der Waals surface area contributed by atoms with Crippen molar-refractivity contribution in [2.45, 2.75) is 59.0 Å². The molecular weight excluding hydrogens is 278 g/mol.